The molecule has 0 aliphatic heterocycles. The van der Waals surface area contributed by atoms with Gasteiger partial charge in [0.15, 0.2) is 0 Å². The Balaban J connectivity index is 0.00000200. The zero-order valence-electron chi connectivity index (χ0n) is 11.8. The highest BCUT2D eigenvalue weighted by atomic mass is 35.5. The minimum absolute atomic E-state index is 0. The van der Waals surface area contributed by atoms with Gasteiger partial charge in [-0.3, -0.25) is 0 Å². The van der Waals surface area contributed by atoms with Gasteiger partial charge in [0.05, 0.1) is 6.54 Å². The SMILES string of the molecule is CCOCCCNCc1ccc(-c2ccccc2)o1.[Cl-]. The van der Waals surface area contributed by atoms with Crippen molar-refractivity contribution in [2.75, 3.05) is 19.8 Å². The van der Waals surface area contributed by atoms with E-state index >= 15 is 0 Å². The van der Waals surface area contributed by atoms with Gasteiger partial charge in [-0.25, -0.2) is 0 Å². The van der Waals surface area contributed by atoms with Crippen molar-refractivity contribution in [3.8, 4) is 11.3 Å². The molecule has 0 unspecified atom stereocenters. The van der Waals surface area contributed by atoms with Crippen molar-refractivity contribution in [2.24, 2.45) is 0 Å². The normalized spacial score (nSPS) is 10.2. The summed E-state index contributed by atoms with van der Waals surface area (Å²) in [6.45, 7) is 5.33. The van der Waals surface area contributed by atoms with Crippen LogP contribution in [0, 0.1) is 0 Å². The molecule has 110 valence electrons. The number of hydrogen-bond acceptors (Lipinski definition) is 3. The number of benzene rings is 1. The van der Waals surface area contributed by atoms with Crippen LogP contribution in [0.4, 0.5) is 0 Å². The van der Waals surface area contributed by atoms with Gasteiger partial charge in [0.25, 0.3) is 0 Å². The zero-order chi connectivity index (χ0) is 13.3. The van der Waals surface area contributed by atoms with Gasteiger partial charge in [-0.05, 0) is 32.0 Å². The molecule has 1 aromatic carbocycles. The van der Waals surface area contributed by atoms with Crippen molar-refractivity contribution in [1.82, 2.24) is 5.32 Å². The van der Waals surface area contributed by atoms with E-state index in [1.54, 1.807) is 0 Å². The van der Waals surface area contributed by atoms with E-state index in [9.17, 15) is 0 Å². The monoisotopic (exact) mass is 294 g/mol. The lowest BCUT2D eigenvalue weighted by Gasteiger charge is -2.03. The fourth-order valence-electron chi connectivity index (χ4n) is 1.89. The first kappa shape index (κ1) is 16.8. The van der Waals surface area contributed by atoms with Gasteiger partial charge < -0.3 is 26.9 Å². The molecule has 0 fully saturated rings. The van der Waals surface area contributed by atoms with Gasteiger partial charge in [0, 0.05) is 18.8 Å². The van der Waals surface area contributed by atoms with Gasteiger partial charge in [-0.2, -0.15) is 0 Å². The summed E-state index contributed by atoms with van der Waals surface area (Å²) in [5.74, 6) is 1.89. The molecule has 2 rings (SSSR count). The summed E-state index contributed by atoms with van der Waals surface area (Å²) in [4.78, 5) is 0. The maximum atomic E-state index is 5.80. The Bertz CT molecular complexity index is 470. The predicted octanol–water partition coefficient (Wildman–Crippen LogP) is 0.467. The van der Waals surface area contributed by atoms with Crippen LogP contribution in [0.15, 0.2) is 46.9 Å². The Hall–Kier alpha value is -1.29. The van der Waals surface area contributed by atoms with Gasteiger partial charge in [-0.1, -0.05) is 30.3 Å². The third kappa shape index (κ3) is 5.37. The lowest BCUT2D eigenvalue weighted by molar-refractivity contribution is -0.00000533. The Kier molecular flexibility index (Phi) is 8.04. The number of nitrogens with one attached hydrogen (secondary N) is 1. The minimum atomic E-state index is 0. The average Bonchev–Trinajstić information content (AvgIpc) is 2.92. The van der Waals surface area contributed by atoms with Gasteiger partial charge in [0.2, 0.25) is 0 Å². The maximum absolute atomic E-state index is 5.80. The van der Waals surface area contributed by atoms with E-state index in [1.165, 1.54) is 0 Å². The number of hydrogen-bond donors (Lipinski definition) is 1. The molecule has 0 atom stereocenters. The molecule has 4 heteroatoms. The highest BCUT2D eigenvalue weighted by Crippen LogP contribution is 2.21. The van der Waals surface area contributed by atoms with Crippen LogP contribution < -0.4 is 17.7 Å². The largest absolute Gasteiger partial charge is 1.00 e. The van der Waals surface area contributed by atoms with Crippen LogP contribution in [0.5, 0.6) is 0 Å². The van der Waals surface area contributed by atoms with Crippen molar-refractivity contribution >= 4 is 0 Å². The van der Waals surface area contributed by atoms with E-state index in [4.69, 9.17) is 9.15 Å². The average molecular weight is 295 g/mol. The molecule has 0 aliphatic carbocycles. The second kappa shape index (κ2) is 9.59. The van der Waals surface area contributed by atoms with Crippen LogP contribution in [0.25, 0.3) is 11.3 Å². The fraction of sp³-hybridized carbons (Fsp3) is 0.375. The van der Waals surface area contributed by atoms with Crippen LogP contribution in [-0.2, 0) is 11.3 Å². The van der Waals surface area contributed by atoms with E-state index in [-0.39, 0.29) is 12.4 Å². The van der Waals surface area contributed by atoms with Crippen molar-refractivity contribution in [2.45, 2.75) is 19.9 Å². The zero-order valence-corrected chi connectivity index (χ0v) is 12.5. The number of halogens is 1. The summed E-state index contributed by atoms with van der Waals surface area (Å²) in [5.41, 5.74) is 1.12. The van der Waals surface area contributed by atoms with Crippen LogP contribution in [-0.4, -0.2) is 19.8 Å². The standard InChI is InChI=1S/C16H21NO2.ClH/c1-2-18-12-6-11-17-13-15-9-10-16(19-15)14-7-4-3-5-8-14;/h3-5,7-10,17H,2,6,11-13H2,1H3;1H/p-1. The predicted molar refractivity (Wildman–Crippen MR) is 77.0 cm³/mol. The molecular weight excluding hydrogens is 274 g/mol. The van der Waals surface area contributed by atoms with Crippen molar-refractivity contribution in [3.05, 3.63) is 48.2 Å². The molecule has 20 heavy (non-hydrogen) atoms. The smallest absolute Gasteiger partial charge is 0.134 e. The summed E-state index contributed by atoms with van der Waals surface area (Å²) in [6.07, 6.45) is 1.03. The van der Waals surface area contributed by atoms with Crippen LogP contribution in [0.1, 0.15) is 19.1 Å². The summed E-state index contributed by atoms with van der Waals surface area (Å²) < 4.78 is 11.1. The lowest BCUT2D eigenvalue weighted by atomic mass is 10.2. The molecular formula is C16H21ClNO2-. The van der Waals surface area contributed by atoms with Crippen molar-refractivity contribution in [3.63, 3.8) is 0 Å². The molecule has 2 aromatic rings. The Morgan fingerprint density at radius 1 is 1.10 bits per heavy atom. The van der Waals surface area contributed by atoms with Crippen LogP contribution in [0.2, 0.25) is 0 Å². The molecule has 1 N–H and O–H groups in total. The summed E-state index contributed by atoms with van der Waals surface area (Å²) >= 11 is 0. The summed E-state index contributed by atoms with van der Waals surface area (Å²) in [6, 6.07) is 14.2. The first-order chi connectivity index (χ1) is 9.40. The molecule has 1 aromatic heterocycles. The molecule has 0 aliphatic rings. The molecule has 0 saturated heterocycles. The van der Waals surface area contributed by atoms with Crippen molar-refractivity contribution < 1.29 is 21.6 Å². The fourth-order valence-corrected chi connectivity index (χ4v) is 1.89. The molecule has 0 radical (unpaired) electrons. The number of ether oxygens (including phenoxy) is 1. The molecule has 1 heterocycles. The summed E-state index contributed by atoms with van der Waals surface area (Å²) in [7, 11) is 0. The Morgan fingerprint density at radius 3 is 2.65 bits per heavy atom. The van der Waals surface area contributed by atoms with Gasteiger partial charge in [0.1, 0.15) is 11.5 Å². The minimum Gasteiger partial charge on any atom is -1.00 e. The highest BCUT2D eigenvalue weighted by molar-refractivity contribution is 5.57. The third-order valence-electron chi connectivity index (χ3n) is 2.87. The Labute approximate surface area is 126 Å². The molecule has 0 spiro atoms. The summed E-state index contributed by atoms with van der Waals surface area (Å²) in [5, 5.41) is 3.35. The quantitative estimate of drug-likeness (QED) is 0.719. The van der Waals surface area contributed by atoms with E-state index in [0.717, 1.165) is 49.8 Å². The molecule has 3 nitrogen and oxygen atoms in total. The van der Waals surface area contributed by atoms with Crippen LogP contribution >= 0.6 is 0 Å². The molecule has 0 bridgehead atoms. The first-order valence-electron chi connectivity index (χ1n) is 6.82. The van der Waals surface area contributed by atoms with E-state index in [1.807, 2.05) is 37.3 Å². The molecule has 0 amide bonds. The van der Waals surface area contributed by atoms with E-state index in [0.29, 0.717) is 0 Å². The molecule has 0 saturated carbocycles. The first-order valence-corrected chi connectivity index (χ1v) is 6.82. The van der Waals surface area contributed by atoms with Gasteiger partial charge >= 0.3 is 0 Å². The number of furan rings is 1. The number of rotatable bonds is 8. The van der Waals surface area contributed by atoms with E-state index in [2.05, 4.69) is 17.4 Å². The van der Waals surface area contributed by atoms with E-state index < -0.39 is 0 Å². The maximum Gasteiger partial charge on any atom is 0.134 e. The van der Waals surface area contributed by atoms with Gasteiger partial charge in [-0.15, -0.1) is 0 Å². The van der Waals surface area contributed by atoms with Crippen molar-refractivity contribution in [1.29, 1.82) is 0 Å². The highest BCUT2D eigenvalue weighted by Gasteiger charge is 2.03. The second-order valence-electron chi connectivity index (χ2n) is 4.36. The Morgan fingerprint density at radius 2 is 1.90 bits per heavy atom. The topological polar surface area (TPSA) is 34.4 Å². The van der Waals surface area contributed by atoms with Crippen LogP contribution in [0.3, 0.4) is 0 Å². The third-order valence-corrected chi connectivity index (χ3v) is 2.87. The lowest BCUT2D eigenvalue weighted by Crippen LogP contribution is -3.00. The second-order valence-corrected chi connectivity index (χ2v) is 4.36.